The number of nitrogens with one attached hydrogen (secondary N) is 3. The molecule has 0 aliphatic rings. The smallest absolute Gasteiger partial charge is 0.258 e. The van der Waals surface area contributed by atoms with Crippen molar-refractivity contribution in [3.63, 3.8) is 0 Å². The van der Waals surface area contributed by atoms with Crippen LogP contribution in [0.3, 0.4) is 0 Å². The predicted octanol–water partition coefficient (Wildman–Crippen LogP) is 1.61. The number of H-pyrrole nitrogens is 1. The Morgan fingerprint density at radius 3 is 2.60 bits per heavy atom. The molecular formula is C18H24N4O3. The number of hydrogen-bond acceptors (Lipinski definition) is 5. The molecular weight excluding hydrogens is 320 g/mol. The van der Waals surface area contributed by atoms with Crippen LogP contribution in [0.2, 0.25) is 0 Å². The molecule has 0 radical (unpaired) electrons. The van der Waals surface area contributed by atoms with Crippen LogP contribution in [0.1, 0.15) is 22.4 Å². The molecule has 1 amide bonds. The van der Waals surface area contributed by atoms with Crippen molar-refractivity contribution in [3.05, 3.63) is 50.9 Å². The van der Waals surface area contributed by atoms with Crippen LogP contribution in [0.25, 0.3) is 0 Å². The zero-order valence-electron chi connectivity index (χ0n) is 15.0. The van der Waals surface area contributed by atoms with E-state index >= 15 is 0 Å². The minimum Gasteiger partial charge on any atom is -0.483 e. The minimum absolute atomic E-state index is 0.0370. The van der Waals surface area contributed by atoms with Gasteiger partial charge in [0, 0.05) is 24.8 Å². The summed E-state index contributed by atoms with van der Waals surface area (Å²) in [6, 6.07) is 5.43. The molecule has 0 fully saturated rings. The molecule has 2 aromatic rings. The van der Waals surface area contributed by atoms with Crippen molar-refractivity contribution in [3.8, 4) is 5.75 Å². The Bertz CT molecular complexity index is 814. The van der Waals surface area contributed by atoms with Gasteiger partial charge < -0.3 is 15.4 Å². The van der Waals surface area contributed by atoms with E-state index in [0.717, 1.165) is 22.4 Å². The second-order valence-electron chi connectivity index (χ2n) is 5.95. The highest BCUT2D eigenvalue weighted by molar-refractivity contribution is 5.77. The van der Waals surface area contributed by atoms with Gasteiger partial charge in [-0.15, -0.1) is 0 Å². The summed E-state index contributed by atoms with van der Waals surface area (Å²) in [7, 11) is 0. The Morgan fingerprint density at radius 2 is 1.88 bits per heavy atom. The number of nitrogens with zero attached hydrogens (tertiary/aromatic N) is 1. The predicted molar refractivity (Wildman–Crippen MR) is 97.2 cm³/mol. The van der Waals surface area contributed by atoms with Gasteiger partial charge in [0.15, 0.2) is 6.61 Å². The van der Waals surface area contributed by atoms with E-state index in [4.69, 9.17) is 4.74 Å². The molecule has 0 bridgehead atoms. The van der Waals surface area contributed by atoms with Crippen LogP contribution in [0.4, 0.5) is 5.95 Å². The third-order valence-electron chi connectivity index (χ3n) is 3.83. The third kappa shape index (κ3) is 5.34. The number of ether oxygens (including phenoxy) is 1. The maximum Gasteiger partial charge on any atom is 0.258 e. The number of aromatic amines is 1. The first-order valence-electron chi connectivity index (χ1n) is 8.15. The monoisotopic (exact) mass is 344 g/mol. The maximum atomic E-state index is 11.9. The lowest BCUT2D eigenvalue weighted by molar-refractivity contribution is -0.123. The van der Waals surface area contributed by atoms with Gasteiger partial charge in [0.05, 0.1) is 0 Å². The molecule has 0 spiro atoms. The number of hydrogen-bond donors (Lipinski definition) is 3. The fourth-order valence-electron chi connectivity index (χ4n) is 2.38. The largest absolute Gasteiger partial charge is 0.483 e. The lowest BCUT2D eigenvalue weighted by Crippen LogP contribution is -2.33. The van der Waals surface area contributed by atoms with Gasteiger partial charge >= 0.3 is 0 Å². The molecule has 134 valence electrons. The molecule has 1 heterocycles. The van der Waals surface area contributed by atoms with E-state index in [-0.39, 0.29) is 18.1 Å². The fraction of sp³-hybridized carbons (Fsp3) is 0.389. The number of benzene rings is 1. The quantitative estimate of drug-likeness (QED) is 0.663. The second kappa shape index (κ2) is 8.32. The van der Waals surface area contributed by atoms with Crippen LogP contribution in [0.15, 0.2) is 23.0 Å². The van der Waals surface area contributed by atoms with Gasteiger partial charge in [-0.1, -0.05) is 12.1 Å². The lowest BCUT2D eigenvalue weighted by atomic mass is 10.1. The van der Waals surface area contributed by atoms with E-state index in [0.29, 0.717) is 24.7 Å². The van der Waals surface area contributed by atoms with Crippen LogP contribution < -0.4 is 20.9 Å². The topological polar surface area (TPSA) is 96.1 Å². The summed E-state index contributed by atoms with van der Waals surface area (Å²) in [5, 5.41) is 5.72. The number of aromatic nitrogens is 2. The summed E-state index contributed by atoms with van der Waals surface area (Å²) >= 11 is 0. The summed E-state index contributed by atoms with van der Waals surface area (Å²) in [6.45, 7) is 8.50. The second-order valence-corrected chi connectivity index (χ2v) is 5.95. The van der Waals surface area contributed by atoms with Crippen molar-refractivity contribution in [1.29, 1.82) is 0 Å². The average Bonchev–Trinajstić information content (AvgIpc) is 2.54. The van der Waals surface area contributed by atoms with Crippen molar-refractivity contribution in [2.45, 2.75) is 27.7 Å². The lowest BCUT2D eigenvalue weighted by Gasteiger charge is -2.14. The summed E-state index contributed by atoms with van der Waals surface area (Å²) < 4.78 is 5.66. The molecule has 0 aliphatic heterocycles. The highest BCUT2D eigenvalue weighted by atomic mass is 16.5. The molecule has 0 saturated carbocycles. The molecule has 1 aromatic carbocycles. The van der Waals surface area contributed by atoms with Crippen LogP contribution >= 0.6 is 0 Å². The van der Waals surface area contributed by atoms with Crippen LogP contribution in [0.5, 0.6) is 5.75 Å². The standard InChI is InChI=1S/C18H24N4O3/c1-11-5-6-12(2)17(14(11)4)25-10-16(24)19-7-8-20-18-21-13(3)9-15(23)22-18/h5-6,9H,7-8,10H2,1-4H3,(H,19,24)(H2,20,21,22,23). The van der Waals surface area contributed by atoms with Crippen LogP contribution in [-0.2, 0) is 4.79 Å². The molecule has 2 rings (SSSR count). The Balaban J connectivity index is 1.76. The van der Waals surface area contributed by atoms with Gasteiger partial charge in [-0.2, -0.15) is 0 Å². The number of amides is 1. The van der Waals surface area contributed by atoms with E-state index in [1.165, 1.54) is 6.07 Å². The Kier molecular flexibility index (Phi) is 6.16. The van der Waals surface area contributed by atoms with Gasteiger partial charge in [-0.25, -0.2) is 4.98 Å². The summed E-state index contributed by atoms with van der Waals surface area (Å²) in [6.07, 6.45) is 0. The number of carbonyl (C=O) groups excluding carboxylic acids is 1. The molecule has 7 nitrogen and oxygen atoms in total. The van der Waals surface area contributed by atoms with Crippen molar-refractivity contribution in [1.82, 2.24) is 15.3 Å². The summed E-state index contributed by atoms with van der Waals surface area (Å²) in [4.78, 5) is 30.0. The fourth-order valence-corrected chi connectivity index (χ4v) is 2.38. The Morgan fingerprint density at radius 1 is 1.16 bits per heavy atom. The summed E-state index contributed by atoms with van der Waals surface area (Å²) in [5.74, 6) is 0.948. The molecule has 3 N–H and O–H groups in total. The van der Waals surface area contributed by atoms with E-state index < -0.39 is 0 Å². The molecule has 0 saturated heterocycles. The van der Waals surface area contributed by atoms with E-state index in [1.54, 1.807) is 6.92 Å². The van der Waals surface area contributed by atoms with E-state index in [2.05, 4.69) is 20.6 Å². The number of carbonyl (C=O) groups is 1. The van der Waals surface area contributed by atoms with Crippen LogP contribution in [-0.4, -0.2) is 35.6 Å². The molecule has 0 unspecified atom stereocenters. The van der Waals surface area contributed by atoms with E-state index in [9.17, 15) is 9.59 Å². The molecule has 25 heavy (non-hydrogen) atoms. The average molecular weight is 344 g/mol. The summed E-state index contributed by atoms with van der Waals surface area (Å²) in [5.41, 5.74) is 3.60. The molecule has 0 aliphatic carbocycles. The van der Waals surface area contributed by atoms with Crippen LogP contribution in [0, 0.1) is 27.7 Å². The SMILES string of the molecule is Cc1cc(=O)[nH]c(NCCNC(=O)COc2c(C)ccc(C)c2C)n1. The first-order chi connectivity index (χ1) is 11.9. The van der Waals surface area contributed by atoms with Gasteiger partial charge in [-0.3, -0.25) is 14.6 Å². The van der Waals surface area contributed by atoms with Crippen molar-refractivity contribution < 1.29 is 9.53 Å². The van der Waals surface area contributed by atoms with Crippen molar-refractivity contribution >= 4 is 11.9 Å². The first kappa shape index (κ1) is 18.5. The normalized spacial score (nSPS) is 10.4. The minimum atomic E-state index is -0.212. The van der Waals surface area contributed by atoms with Crippen molar-refractivity contribution in [2.75, 3.05) is 25.0 Å². The first-order valence-corrected chi connectivity index (χ1v) is 8.15. The maximum absolute atomic E-state index is 11.9. The highest BCUT2D eigenvalue weighted by Gasteiger charge is 2.09. The van der Waals surface area contributed by atoms with Gasteiger partial charge in [-0.05, 0) is 44.4 Å². The number of rotatable bonds is 7. The van der Waals surface area contributed by atoms with Gasteiger partial charge in [0.25, 0.3) is 11.5 Å². The molecule has 0 atom stereocenters. The third-order valence-corrected chi connectivity index (χ3v) is 3.83. The highest BCUT2D eigenvalue weighted by Crippen LogP contribution is 2.25. The zero-order chi connectivity index (χ0) is 18.4. The Hall–Kier alpha value is -2.83. The molecule has 1 aromatic heterocycles. The van der Waals surface area contributed by atoms with E-state index in [1.807, 2.05) is 32.9 Å². The van der Waals surface area contributed by atoms with Crippen molar-refractivity contribution in [2.24, 2.45) is 0 Å². The number of aryl methyl sites for hydroxylation is 3. The van der Waals surface area contributed by atoms with Gasteiger partial charge in [0.2, 0.25) is 5.95 Å². The molecule has 7 heteroatoms. The number of anilines is 1. The zero-order valence-corrected chi connectivity index (χ0v) is 15.0. The van der Waals surface area contributed by atoms with Gasteiger partial charge in [0.1, 0.15) is 5.75 Å². The Labute approximate surface area is 146 Å².